The molecular weight excluding hydrogens is 131 g/mol. The zero-order valence-corrected chi connectivity index (χ0v) is 6.17. The van der Waals surface area contributed by atoms with Gasteiger partial charge in [-0.25, -0.2) is 4.39 Å². The molecule has 0 spiro atoms. The Morgan fingerprint density at radius 1 is 1.10 bits per heavy atom. The minimum Gasteiger partial charge on any atom is -0.388 e. The molecule has 0 aliphatic heterocycles. The van der Waals surface area contributed by atoms with Crippen molar-refractivity contribution in [3.05, 3.63) is 36.1 Å². The van der Waals surface area contributed by atoms with Gasteiger partial charge in [0.15, 0.2) is 0 Å². The first-order valence-electron chi connectivity index (χ1n) is 2.92. The van der Waals surface area contributed by atoms with Crippen molar-refractivity contribution in [2.24, 2.45) is 0 Å². The van der Waals surface area contributed by atoms with E-state index in [1.807, 2.05) is 0 Å². The van der Waals surface area contributed by atoms with Crippen LogP contribution in [0.3, 0.4) is 0 Å². The summed E-state index contributed by atoms with van der Waals surface area (Å²) in [4.78, 5) is 0. The molecule has 0 amide bonds. The number of ether oxygens (including phenoxy) is 1. The number of rotatable bonds is 0. The Bertz CT molecular complexity index is 151. The van der Waals surface area contributed by atoms with Gasteiger partial charge in [-0.1, -0.05) is 18.2 Å². The van der Waals surface area contributed by atoms with Crippen molar-refractivity contribution in [1.82, 2.24) is 0 Å². The van der Waals surface area contributed by atoms with E-state index in [9.17, 15) is 4.39 Å². The zero-order valence-electron chi connectivity index (χ0n) is 6.17. The van der Waals surface area contributed by atoms with Crippen molar-refractivity contribution in [1.29, 1.82) is 0 Å². The van der Waals surface area contributed by atoms with Crippen molar-refractivity contribution >= 4 is 0 Å². The van der Waals surface area contributed by atoms with E-state index in [1.165, 1.54) is 12.1 Å². The normalized spacial score (nSPS) is 7.90. The Hall–Kier alpha value is -0.890. The Morgan fingerprint density at radius 3 is 1.70 bits per heavy atom. The molecule has 1 aromatic rings. The first-order valence-corrected chi connectivity index (χ1v) is 2.92. The highest BCUT2D eigenvalue weighted by Crippen LogP contribution is 1.91. The quantitative estimate of drug-likeness (QED) is 0.539. The van der Waals surface area contributed by atoms with Crippen molar-refractivity contribution in [2.75, 3.05) is 14.2 Å². The fourth-order valence-corrected chi connectivity index (χ4v) is 0.415. The maximum atomic E-state index is 11.9. The third-order valence-electron chi connectivity index (χ3n) is 0.733. The third-order valence-corrected chi connectivity index (χ3v) is 0.733. The molecule has 56 valence electrons. The molecule has 1 aromatic carbocycles. The lowest BCUT2D eigenvalue weighted by atomic mass is 10.4. The van der Waals surface area contributed by atoms with Crippen LogP contribution in [0.5, 0.6) is 0 Å². The summed E-state index contributed by atoms with van der Waals surface area (Å²) in [6, 6.07) is 7.94. The molecule has 0 saturated heterocycles. The third kappa shape index (κ3) is 5.25. The van der Waals surface area contributed by atoms with Crippen molar-refractivity contribution < 1.29 is 9.13 Å². The SMILES string of the molecule is COC.Fc1ccccc1. The summed E-state index contributed by atoms with van der Waals surface area (Å²) < 4.78 is 16.2. The van der Waals surface area contributed by atoms with Crippen LogP contribution in [0.15, 0.2) is 30.3 Å². The monoisotopic (exact) mass is 142 g/mol. The maximum Gasteiger partial charge on any atom is 0.123 e. The molecule has 0 bridgehead atoms. The summed E-state index contributed by atoms with van der Waals surface area (Å²) in [5.74, 6) is -0.178. The smallest absolute Gasteiger partial charge is 0.123 e. The van der Waals surface area contributed by atoms with Crippen molar-refractivity contribution in [3.63, 3.8) is 0 Å². The minimum absolute atomic E-state index is 0.178. The van der Waals surface area contributed by atoms with Gasteiger partial charge in [-0.2, -0.15) is 0 Å². The second kappa shape index (κ2) is 6.23. The predicted octanol–water partition coefficient (Wildman–Crippen LogP) is 2.09. The molecule has 0 aliphatic carbocycles. The summed E-state index contributed by atoms with van der Waals surface area (Å²) in [6.45, 7) is 0. The van der Waals surface area contributed by atoms with Crippen LogP contribution in [-0.4, -0.2) is 14.2 Å². The molecule has 0 atom stereocenters. The van der Waals surface area contributed by atoms with Gasteiger partial charge in [-0.15, -0.1) is 0 Å². The average Bonchev–Trinajstić information content (AvgIpc) is 1.91. The van der Waals surface area contributed by atoms with Crippen LogP contribution < -0.4 is 0 Å². The van der Waals surface area contributed by atoms with Gasteiger partial charge in [0, 0.05) is 14.2 Å². The molecule has 2 heteroatoms. The Balaban J connectivity index is 0.000000236. The van der Waals surface area contributed by atoms with Crippen molar-refractivity contribution in [2.45, 2.75) is 0 Å². The van der Waals surface area contributed by atoms with Gasteiger partial charge in [0.25, 0.3) is 0 Å². The van der Waals surface area contributed by atoms with Gasteiger partial charge < -0.3 is 4.74 Å². The molecule has 1 rings (SSSR count). The summed E-state index contributed by atoms with van der Waals surface area (Å²) in [7, 11) is 3.25. The Labute approximate surface area is 60.4 Å². The van der Waals surface area contributed by atoms with Gasteiger partial charge in [-0.3, -0.25) is 0 Å². The fourth-order valence-electron chi connectivity index (χ4n) is 0.415. The minimum atomic E-state index is -0.178. The molecule has 0 radical (unpaired) electrons. The zero-order chi connectivity index (χ0) is 7.82. The van der Waals surface area contributed by atoms with E-state index in [0.29, 0.717) is 0 Å². The molecule has 0 unspecified atom stereocenters. The highest BCUT2D eigenvalue weighted by atomic mass is 19.1. The maximum absolute atomic E-state index is 11.9. The molecular formula is C8H11FO. The van der Waals surface area contributed by atoms with E-state index < -0.39 is 0 Å². The average molecular weight is 142 g/mol. The molecule has 1 nitrogen and oxygen atoms in total. The highest BCUT2D eigenvalue weighted by Gasteiger charge is 1.77. The summed E-state index contributed by atoms with van der Waals surface area (Å²) in [5.41, 5.74) is 0. The number of hydrogen-bond donors (Lipinski definition) is 0. The van der Waals surface area contributed by atoms with Gasteiger partial charge in [0.05, 0.1) is 0 Å². The van der Waals surface area contributed by atoms with E-state index >= 15 is 0 Å². The number of methoxy groups -OCH3 is 1. The Morgan fingerprint density at radius 2 is 1.50 bits per heavy atom. The van der Waals surface area contributed by atoms with E-state index in [4.69, 9.17) is 0 Å². The van der Waals surface area contributed by atoms with E-state index in [0.717, 1.165) is 0 Å². The second-order valence-electron chi connectivity index (χ2n) is 1.70. The van der Waals surface area contributed by atoms with E-state index in [-0.39, 0.29) is 5.82 Å². The van der Waals surface area contributed by atoms with Crippen LogP contribution in [0.1, 0.15) is 0 Å². The first-order chi connectivity index (χ1) is 4.81. The van der Waals surface area contributed by atoms with Crippen LogP contribution in [0.4, 0.5) is 4.39 Å². The number of benzene rings is 1. The molecule has 0 aliphatic rings. The lowest BCUT2D eigenvalue weighted by molar-refractivity contribution is 0.277. The molecule has 0 aromatic heterocycles. The molecule has 0 N–H and O–H groups in total. The van der Waals surface area contributed by atoms with Crippen LogP contribution in [0, 0.1) is 5.82 Å². The number of halogens is 1. The lowest BCUT2D eigenvalue weighted by Gasteiger charge is -1.78. The van der Waals surface area contributed by atoms with Crippen LogP contribution in [0.25, 0.3) is 0 Å². The van der Waals surface area contributed by atoms with Gasteiger partial charge in [0.2, 0.25) is 0 Å². The highest BCUT2D eigenvalue weighted by molar-refractivity contribution is 5.02. The standard InChI is InChI=1S/C6H5F.C2H6O/c7-6-4-2-1-3-5-6;1-3-2/h1-5H;1-2H3. The van der Waals surface area contributed by atoms with Crippen molar-refractivity contribution in [3.8, 4) is 0 Å². The summed E-state index contributed by atoms with van der Waals surface area (Å²) in [6.07, 6.45) is 0. The van der Waals surface area contributed by atoms with Crippen LogP contribution >= 0.6 is 0 Å². The van der Waals surface area contributed by atoms with Gasteiger partial charge in [-0.05, 0) is 12.1 Å². The van der Waals surface area contributed by atoms with Crippen LogP contribution in [-0.2, 0) is 4.74 Å². The Kier molecular flexibility index (Phi) is 5.68. The van der Waals surface area contributed by atoms with Gasteiger partial charge in [0.1, 0.15) is 5.82 Å². The topological polar surface area (TPSA) is 9.23 Å². The van der Waals surface area contributed by atoms with Gasteiger partial charge >= 0.3 is 0 Å². The molecule has 0 saturated carbocycles. The number of hydrogen-bond acceptors (Lipinski definition) is 1. The van der Waals surface area contributed by atoms with E-state index in [2.05, 4.69) is 4.74 Å². The van der Waals surface area contributed by atoms with E-state index in [1.54, 1.807) is 32.4 Å². The summed E-state index contributed by atoms with van der Waals surface area (Å²) >= 11 is 0. The molecule has 0 heterocycles. The largest absolute Gasteiger partial charge is 0.388 e. The second-order valence-corrected chi connectivity index (χ2v) is 1.70. The first kappa shape index (κ1) is 9.11. The molecule has 0 fully saturated rings. The predicted molar refractivity (Wildman–Crippen MR) is 39.3 cm³/mol. The fraction of sp³-hybridized carbons (Fsp3) is 0.250. The summed E-state index contributed by atoms with van der Waals surface area (Å²) in [5, 5.41) is 0. The lowest BCUT2D eigenvalue weighted by Crippen LogP contribution is -1.63. The van der Waals surface area contributed by atoms with Crippen LogP contribution in [0.2, 0.25) is 0 Å². The molecule has 10 heavy (non-hydrogen) atoms.